The van der Waals surface area contributed by atoms with Crippen molar-refractivity contribution in [2.45, 2.75) is 6.92 Å². The second-order valence-corrected chi connectivity index (χ2v) is 8.26. The summed E-state index contributed by atoms with van der Waals surface area (Å²) in [4.78, 5) is 0. The molecule has 0 amide bonds. The Morgan fingerprint density at radius 2 is 1.08 bits per heavy atom. The number of nitrogens with zero attached hydrogens (tertiary/aromatic N) is 3. The summed E-state index contributed by atoms with van der Waals surface area (Å²) >= 11 is 0. The van der Waals surface area contributed by atoms with Crippen LogP contribution in [0.5, 0.6) is 0 Å². The van der Waals surface area contributed by atoms with Crippen molar-refractivity contribution < 1.29 is 0 Å². The van der Waals surface area contributed by atoms with Gasteiger partial charge < -0.3 is 13.7 Å². The van der Waals surface area contributed by atoms with Crippen LogP contribution in [0.25, 0.3) is 0 Å². The van der Waals surface area contributed by atoms with Gasteiger partial charge >= 0.3 is 8.56 Å². The quantitative estimate of drug-likeness (QED) is 0.621. The van der Waals surface area contributed by atoms with Gasteiger partial charge in [0.1, 0.15) is 0 Å². The maximum Gasteiger partial charge on any atom is 0.314 e. The van der Waals surface area contributed by atoms with Crippen LogP contribution in [-0.4, -0.2) is 64.5 Å². The van der Waals surface area contributed by atoms with Gasteiger partial charge in [-0.1, -0.05) is 11.8 Å². The summed E-state index contributed by atoms with van der Waals surface area (Å²) in [6.07, 6.45) is 2.15. The molecule has 0 aromatic rings. The van der Waals surface area contributed by atoms with E-state index < -0.39 is 8.56 Å². The molecule has 0 saturated carbocycles. The largest absolute Gasteiger partial charge is 0.314 e. The Balaban J connectivity index is 5.05. The van der Waals surface area contributed by atoms with Crippen LogP contribution < -0.4 is 0 Å². The minimum Gasteiger partial charge on any atom is -0.302 e. The maximum atomic E-state index is 2.33. The first-order valence-corrected chi connectivity index (χ1v) is 6.47. The highest BCUT2D eigenvalue weighted by Crippen LogP contribution is 2.13. The van der Waals surface area contributed by atoms with Gasteiger partial charge in [0.2, 0.25) is 0 Å². The van der Waals surface area contributed by atoms with Crippen LogP contribution in [0, 0.1) is 0 Å². The zero-order valence-corrected chi connectivity index (χ0v) is 11.0. The van der Waals surface area contributed by atoms with E-state index in [0.29, 0.717) is 0 Å². The van der Waals surface area contributed by atoms with Crippen molar-refractivity contribution in [2.24, 2.45) is 0 Å². The first kappa shape index (κ1) is 12.8. The predicted molar refractivity (Wildman–Crippen MR) is 61.6 cm³/mol. The van der Waals surface area contributed by atoms with Gasteiger partial charge in [0.25, 0.3) is 0 Å². The van der Waals surface area contributed by atoms with E-state index in [4.69, 9.17) is 0 Å². The summed E-state index contributed by atoms with van der Waals surface area (Å²) in [5.41, 5.74) is 2.33. The first-order valence-electron chi connectivity index (χ1n) is 4.55. The van der Waals surface area contributed by atoms with Crippen LogP contribution in [0.3, 0.4) is 0 Å². The molecule has 0 aromatic carbocycles. The third-order valence-electron chi connectivity index (χ3n) is 2.36. The van der Waals surface area contributed by atoms with Gasteiger partial charge in [-0.25, -0.2) is 0 Å². The van der Waals surface area contributed by atoms with Crippen molar-refractivity contribution in [3.63, 3.8) is 0 Å². The molecule has 0 rings (SSSR count). The third kappa shape index (κ3) is 2.40. The minimum atomic E-state index is -1.71. The number of hydrogen-bond donors (Lipinski definition) is 0. The molecule has 0 fully saturated rings. The second-order valence-electron chi connectivity index (χ2n) is 3.87. The van der Waals surface area contributed by atoms with Crippen molar-refractivity contribution in [3.05, 3.63) is 11.8 Å². The fourth-order valence-electron chi connectivity index (χ4n) is 1.87. The zero-order chi connectivity index (χ0) is 10.6. The van der Waals surface area contributed by atoms with E-state index in [1.807, 2.05) is 0 Å². The molecule has 0 atom stereocenters. The van der Waals surface area contributed by atoms with Gasteiger partial charge in [-0.05, 0) is 49.2 Å². The van der Waals surface area contributed by atoms with Gasteiger partial charge in [0.05, 0.1) is 0 Å². The average molecular weight is 201 g/mol. The molecule has 4 heteroatoms. The molecule has 0 saturated heterocycles. The van der Waals surface area contributed by atoms with Crippen molar-refractivity contribution >= 4 is 8.56 Å². The average Bonchev–Trinajstić information content (AvgIpc) is 1.97. The van der Waals surface area contributed by atoms with E-state index in [1.165, 1.54) is 0 Å². The molecule has 0 aliphatic heterocycles. The van der Waals surface area contributed by atoms with Crippen LogP contribution in [0.1, 0.15) is 6.92 Å². The summed E-state index contributed by atoms with van der Waals surface area (Å²) in [7, 11) is 11.2. The van der Waals surface area contributed by atoms with E-state index in [2.05, 4.69) is 74.7 Å². The highest BCUT2D eigenvalue weighted by Gasteiger charge is 2.39. The molecule has 0 heterocycles. The van der Waals surface area contributed by atoms with Crippen molar-refractivity contribution in [1.82, 2.24) is 13.7 Å². The standard InChI is InChI=1S/C9H23N3Si/c1-8-9-13(10(2)3,11(4)5)12(6)7/h8-9H,1-7H3/b9-8-. The molecule has 0 radical (unpaired) electrons. The van der Waals surface area contributed by atoms with Crippen LogP contribution >= 0.6 is 0 Å². The Kier molecular flexibility index (Phi) is 4.84. The van der Waals surface area contributed by atoms with E-state index >= 15 is 0 Å². The zero-order valence-electron chi connectivity index (χ0n) is 10.00. The Morgan fingerprint density at radius 1 is 0.769 bits per heavy atom. The monoisotopic (exact) mass is 201 g/mol. The number of rotatable bonds is 4. The van der Waals surface area contributed by atoms with Crippen molar-refractivity contribution in [3.8, 4) is 0 Å². The van der Waals surface area contributed by atoms with Gasteiger partial charge in [-0.3, -0.25) is 0 Å². The van der Waals surface area contributed by atoms with E-state index in [-0.39, 0.29) is 0 Å². The number of hydrogen-bond acceptors (Lipinski definition) is 3. The SMILES string of the molecule is C/C=C\[Si](N(C)C)(N(C)C)N(C)C. The molecule has 0 N–H and O–H groups in total. The topological polar surface area (TPSA) is 9.72 Å². The van der Waals surface area contributed by atoms with Crippen LogP contribution in [0.15, 0.2) is 11.8 Å². The molecule has 0 aliphatic carbocycles. The lowest BCUT2D eigenvalue weighted by atomic mass is 10.8. The van der Waals surface area contributed by atoms with Crippen LogP contribution in [0.4, 0.5) is 0 Å². The predicted octanol–water partition coefficient (Wildman–Crippen LogP) is 0.725. The molecule has 0 aliphatic rings. The van der Waals surface area contributed by atoms with E-state index in [1.54, 1.807) is 0 Å². The highest BCUT2D eigenvalue weighted by atomic mass is 28.4. The highest BCUT2D eigenvalue weighted by molar-refractivity contribution is 6.76. The Labute approximate surface area is 83.9 Å². The van der Waals surface area contributed by atoms with Crippen LogP contribution in [-0.2, 0) is 0 Å². The van der Waals surface area contributed by atoms with Crippen LogP contribution in [0.2, 0.25) is 0 Å². The summed E-state index contributed by atoms with van der Waals surface area (Å²) < 4.78 is 6.98. The van der Waals surface area contributed by atoms with Gasteiger partial charge in [-0.15, -0.1) is 0 Å². The summed E-state index contributed by atoms with van der Waals surface area (Å²) in [5, 5.41) is 0. The molecular formula is C9H23N3Si. The lowest BCUT2D eigenvalue weighted by molar-refractivity contribution is 0.395. The Morgan fingerprint density at radius 3 is 1.15 bits per heavy atom. The van der Waals surface area contributed by atoms with E-state index in [0.717, 1.165) is 0 Å². The maximum absolute atomic E-state index is 2.33. The Bertz CT molecular complexity index is 154. The number of allylic oxidation sites excluding steroid dienone is 1. The van der Waals surface area contributed by atoms with Crippen molar-refractivity contribution in [1.29, 1.82) is 0 Å². The van der Waals surface area contributed by atoms with Gasteiger partial charge in [-0.2, -0.15) is 0 Å². The normalized spacial score (nSPS) is 14.0. The van der Waals surface area contributed by atoms with Gasteiger partial charge in [0.15, 0.2) is 0 Å². The molecule has 3 nitrogen and oxygen atoms in total. The lowest BCUT2D eigenvalue weighted by Crippen LogP contribution is -2.68. The molecule has 0 bridgehead atoms. The van der Waals surface area contributed by atoms with Gasteiger partial charge in [0, 0.05) is 0 Å². The third-order valence-corrected chi connectivity index (χ3v) is 7.09. The smallest absolute Gasteiger partial charge is 0.302 e. The summed E-state index contributed by atoms with van der Waals surface area (Å²) in [6.45, 7) is 2.08. The minimum absolute atomic E-state index is 1.71. The second kappa shape index (κ2) is 4.90. The Hall–Kier alpha value is -0.163. The molecular weight excluding hydrogens is 178 g/mol. The fraction of sp³-hybridized carbons (Fsp3) is 0.778. The van der Waals surface area contributed by atoms with E-state index in [9.17, 15) is 0 Å². The molecule has 13 heavy (non-hydrogen) atoms. The molecule has 0 aromatic heterocycles. The first-order chi connectivity index (χ1) is 5.89. The molecule has 0 spiro atoms. The molecule has 78 valence electrons. The summed E-state index contributed by atoms with van der Waals surface area (Å²) in [6, 6.07) is 0. The fourth-order valence-corrected chi connectivity index (χ4v) is 5.61. The van der Waals surface area contributed by atoms with Crippen molar-refractivity contribution in [2.75, 3.05) is 42.3 Å². The summed E-state index contributed by atoms with van der Waals surface area (Å²) in [5.74, 6) is 0. The lowest BCUT2D eigenvalue weighted by Gasteiger charge is -2.44. The molecule has 0 unspecified atom stereocenters.